The van der Waals surface area contributed by atoms with Gasteiger partial charge in [-0.15, -0.1) is 8.78 Å². The molecule has 0 atom stereocenters. The SMILES string of the molecule is O=C(Nc1ccc(OC(F)(F)Cl)cc1)NS(=O)(=O)Oc1ccc(F)cc1. The first-order chi connectivity index (χ1) is 12.0. The van der Waals surface area contributed by atoms with E-state index in [1.807, 2.05) is 0 Å². The molecule has 2 amide bonds. The van der Waals surface area contributed by atoms with Gasteiger partial charge < -0.3 is 14.2 Å². The predicted molar refractivity (Wildman–Crippen MR) is 86.0 cm³/mol. The molecule has 0 heterocycles. The molecule has 0 aliphatic carbocycles. The Balaban J connectivity index is 1.93. The zero-order valence-electron chi connectivity index (χ0n) is 12.6. The van der Waals surface area contributed by atoms with E-state index in [4.69, 9.17) is 0 Å². The lowest BCUT2D eigenvalue weighted by Crippen LogP contribution is -2.37. The first kappa shape index (κ1) is 19.7. The highest BCUT2D eigenvalue weighted by atomic mass is 35.5. The molecule has 0 radical (unpaired) electrons. The van der Waals surface area contributed by atoms with Gasteiger partial charge in [-0.05, 0) is 48.5 Å². The number of nitrogens with one attached hydrogen (secondary N) is 2. The molecule has 0 saturated carbocycles. The van der Waals surface area contributed by atoms with E-state index in [1.165, 1.54) is 12.1 Å². The fourth-order valence-electron chi connectivity index (χ4n) is 1.65. The number of hydrogen-bond acceptors (Lipinski definition) is 5. The van der Waals surface area contributed by atoms with Crippen molar-refractivity contribution in [3.8, 4) is 11.5 Å². The van der Waals surface area contributed by atoms with Gasteiger partial charge >= 0.3 is 21.9 Å². The second kappa shape index (κ2) is 7.70. The highest BCUT2D eigenvalue weighted by Crippen LogP contribution is 2.25. The van der Waals surface area contributed by atoms with Crippen molar-refractivity contribution in [2.24, 2.45) is 0 Å². The second-order valence-electron chi connectivity index (χ2n) is 4.62. The lowest BCUT2D eigenvalue weighted by Gasteiger charge is -2.12. The van der Waals surface area contributed by atoms with E-state index in [-0.39, 0.29) is 17.2 Å². The smallest absolute Gasteiger partial charge is 0.420 e. The minimum atomic E-state index is -4.52. The summed E-state index contributed by atoms with van der Waals surface area (Å²) in [7, 11) is -4.52. The van der Waals surface area contributed by atoms with Gasteiger partial charge in [0, 0.05) is 17.3 Å². The van der Waals surface area contributed by atoms with Gasteiger partial charge in [-0.3, -0.25) is 0 Å². The van der Waals surface area contributed by atoms with E-state index in [9.17, 15) is 26.4 Å². The fraction of sp³-hybridized carbons (Fsp3) is 0.0714. The van der Waals surface area contributed by atoms with Gasteiger partial charge in [-0.1, -0.05) is 0 Å². The van der Waals surface area contributed by atoms with Crippen LogP contribution in [0.5, 0.6) is 11.5 Å². The molecule has 0 fully saturated rings. The minimum Gasteiger partial charge on any atom is -0.420 e. The highest BCUT2D eigenvalue weighted by molar-refractivity contribution is 7.85. The normalized spacial score (nSPS) is 11.5. The summed E-state index contributed by atoms with van der Waals surface area (Å²) in [5, 5.41) is 2.14. The molecule has 0 saturated heterocycles. The van der Waals surface area contributed by atoms with Crippen molar-refractivity contribution < 1.29 is 35.3 Å². The maximum Gasteiger partial charge on any atom is 0.487 e. The molecule has 2 rings (SSSR count). The van der Waals surface area contributed by atoms with Crippen LogP contribution in [0.15, 0.2) is 48.5 Å². The summed E-state index contributed by atoms with van der Waals surface area (Å²) in [5.41, 5.74) is -3.82. The first-order valence-corrected chi connectivity index (χ1v) is 8.46. The molecule has 0 aromatic heterocycles. The molecular formula is C14H10ClF3N2O5S. The lowest BCUT2D eigenvalue weighted by molar-refractivity contribution is -0.0964. The fourth-order valence-corrected chi connectivity index (χ4v) is 2.42. The Bertz CT molecular complexity index is 871. The van der Waals surface area contributed by atoms with Gasteiger partial charge in [0.05, 0.1) is 0 Å². The van der Waals surface area contributed by atoms with E-state index in [2.05, 4.69) is 25.8 Å². The van der Waals surface area contributed by atoms with Gasteiger partial charge in [-0.2, -0.15) is 8.42 Å². The van der Waals surface area contributed by atoms with Crippen molar-refractivity contribution in [2.45, 2.75) is 5.57 Å². The van der Waals surface area contributed by atoms with E-state index in [0.29, 0.717) is 0 Å². The van der Waals surface area contributed by atoms with Crippen molar-refractivity contribution in [2.75, 3.05) is 5.32 Å². The maximum atomic E-state index is 12.7. The molecule has 0 bridgehead atoms. The minimum absolute atomic E-state index is 0.0738. The van der Waals surface area contributed by atoms with Gasteiger partial charge in [0.2, 0.25) is 0 Å². The molecule has 140 valence electrons. The molecule has 2 N–H and O–H groups in total. The largest absolute Gasteiger partial charge is 0.487 e. The van der Waals surface area contributed by atoms with Crippen LogP contribution in [0, 0.1) is 5.82 Å². The Hall–Kier alpha value is -2.66. The third kappa shape index (κ3) is 6.69. The third-order valence-corrected chi connectivity index (χ3v) is 3.51. The molecule has 0 aliphatic heterocycles. The van der Waals surface area contributed by atoms with Gasteiger partial charge in [0.15, 0.2) is 0 Å². The summed E-state index contributed by atoms with van der Waals surface area (Å²) in [6.07, 6.45) is 0. The summed E-state index contributed by atoms with van der Waals surface area (Å²) >= 11 is 4.60. The summed E-state index contributed by atoms with van der Waals surface area (Å²) in [6.45, 7) is 0. The van der Waals surface area contributed by atoms with Crippen LogP contribution in [0.25, 0.3) is 0 Å². The van der Waals surface area contributed by atoms with E-state index < -0.39 is 27.7 Å². The standard InChI is InChI=1S/C14H10ClF3N2O5S/c15-14(17,18)24-11-7-3-10(4-8-11)19-13(21)20-26(22,23)25-12-5-1-9(16)2-6-12/h1-8H,(H2,19,20,21). The summed E-state index contributed by atoms with van der Waals surface area (Å²) < 4.78 is 71.3. The maximum absolute atomic E-state index is 12.7. The Morgan fingerprint density at radius 2 is 1.54 bits per heavy atom. The van der Waals surface area contributed by atoms with Gasteiger partial charge in [0.1, 0.15) is 17.3 Å². The zero-order valence-corrected chi connectivity index (χ0v) is 14.2. The molecule has 26 heavy (non-hydrogen) atoms. The summed E-state index contributed by atoms with van der Waals surface area (Å²) in [5.74, 6) is -1.08. The molecule has 7 nitrogen and oxygen atoms in total. The van der Waals surface area contributed by atoms with Crippen molar-refractivity contribution >= 4 is 33.6 Å². The van der Waals surface area contributed by atoms with Crippen LogP contribution < -0.4 is 19.0 Å². The number of hydrogen-bond donors (Lipinski definition) is 2. The Morgan fingerprint density at radius 1 is 1.00 bits per heavy atom. The lowest BCUT2D eigenvalue weighted by atomic mass is 10.3. The van der Waals surface area contributed by atoms with Crippen LogP contribution in [0.1, 0.15) is 0 Å². The van der Waals surface area contributed by atoms with Crippen LogP contribution in [0.2, 0.25) is 0 Å². The topological polar surface area (TPSA) is 93.7 Å². The number of halogens is 4. The van der Waals surface area contributed by atoms with Crippen molar-refractivity contribution in [3.05, 3.63) is 54.3 Å². The van der Waals surface area contributed by atoms with Crippen LogP contribution in [0.4, 0.5) is 23.7 Å². The van der Waals surface area contributed by atoms with Crippen LogP contribution in [0.3, 0.4) is 0 Å². The molecule has 0 unspecified atom stereocenters. The highest BCUT2D eigenvalue weighted by Gasteiger charge is 2.27. The Kier molecular flexibility index (Phi) is 5.83. The Morgan fingerprint density at radius 3 is 2.08 bits per heavy atom. The first-order valence-electron chi connectivity index (χ1n) is 6.67. The van der Waals surface area contributed by atoms with Gasteiger partial charge in [0.25, 0.3) is 0 Å². The van der Waals surface area contributed by atoms with Crippen LogP contribution in [-0.2, 0) is 10.3 Å². The summed E-state index contributed by atoms with van der Waals surface area (Å²) in [6, 6.07) is 7.37. The zero-order chi connectivity index (χ0) is 19.4. The third-order valence-electron chi connectivity index (χ3n) is 2.58. The average molecular weight is 411 g/mol. The van der Waals surface area contributed by atoms with Crippen LogP contribution >= 0.6 is 11.6 Å². The summed E-state index contributed by atoms with van der Waals surface area (Å²) in [4.78, 5) is 11.7. The van der Waals surface area contributed by atoms with Gasteiger partial charge in [-0.25, -0.2) is 13.9 Å². The second-order valence-corrected chi connectivity index (χ2v) is 6.34. The molecule has 2 aromatic carbocycles. The predicted octanol–water partition coefficient (Wildman–Crippen LogP) is 3.44. The van der Waals surface area contributed by atoms with E-state index in [1.54, 1.807) is 4.72 Å². The number of carbonyl (C=O) groups is 1. The number of alkyl halides is 3. The number of rotatable bonds is 6. The number of amides is 2. The van der Waals surface area contributed by atoms with Crippen molar-refractivity contribution in [1.29, 1.82) is 0 Å². The molecule has 12 heteroatoms. The van der Waals surface area contributed by atoms with E-state index in [0.717, 1.165) is 36.4 Å². The molecule has 0 spiro atoms. The number of anilines is 1. The Labute approximate surface area is 150 Å². The van der Waals surface area contributed by atoms with E-state index >= 15 is 0 Å². The quantitative estimate of drug-likeness (QED) is 0.711. The molecular weight excluding hydrogens is 401 g/mol. The van der Waals surface area contributed by atoms with Crippen molar-refractivity contribution in [1.82, 2.24) is 4.72 Å². The average Bonchev–Trinajstić information content (AvgIpc) is 2.49. The number of ether oxygens (including phenoxy) is 1. The van der Waals surface area contributed by atoms with Crippen LogP contribution in [-0.4, -0.2) is 20.0 Å². The molecule has 2 aromatic rings. The molecule has 0 aliphatic rings. The van der Waals surface area contributed by atoms with Crippen molar-refractivity contribution in [3.63, 3.8) is 0 Å². The number of carbonyl (C=O) groups excluding carboxylic acids is 1. The monoisotopic (exact) mass is 410 g/mol. The number of benzene rings is 2. The number of urea groups is 1.